The molecule has 0 unspecified atom stereocenters. The Bertz CT molecular complexity index is 948. The van der Waals surface area contributed by atoms with Crippen LogP contribution in [0.1, 0.15) is 20.7 Å². The van der Waals surface area contributed by atoms with Crippen molar-refractivity contribution in [2.75, 3.05) is 28.4 Å². The Morgan fingerprint density at radius 3 is 1.03 bits per heavy atom. The summed E-state index contributed by atoms with van der Waals surface area (Å²) in [6.45, 7) is 0. The van der Waals surface area contributed by atoms with Crippen LogP contribution in [0.25, 0.3) is 0 Å². The quantitative estimate of drug-likeness (QED) is 0.449. The molecule has 0 spiro atoms. The van der Waals surface area contributed by atoms with Gasteiger partial charge < -0.3 is 38.6 Å². The summed E-state index contributed by atoms with van der Waals surface area (Å²) in [4.78, 5) is 48.7. The van der Waals surface area contributed by atoms with Crippen LogP contribution < -0.4 is 18.9 Å². The molecule has 12 heteroatoms. The molecule has 0 saturated carbocycles. The normalized spacial score (nSPS) is 12.0. The van der Waals surface area contributed by atoms with Crippen molar-refractivity contribution in [1.82, 2.24) is 0 Å². The standard InChI is InChI=1S/C22H22O12/c1-29-13-5-11(6-14(9-13)30-2)21(27)33-17(19(23)24)18(20(25)26)34-22(28)12-7-15(31-3)10-16(8-12)32-4/h5-10,17-18H,1-4H3,(H,23,24)(H,25,26)/t17-,18-/m1/s1. The van der Waals surface area contributed by atoms with Crippen molar-refractivity contribution in [3.05, 3.63) is 47.5 Å². The zero-order chi connectivity index (χ0) is 25.4. The summed E-state index contributed by atoms with van der Waals surface area (Å²) in [7, 11) is 5.32. The highest BCUT2D eigenvalue weighted by Crippen LogP contribution is 2.25. The minimum Gasteiger partial charge on any atom is -0.497 e. The van der Waals surface area contributed by atoms with E-state index < -0.39 is 36.1 Å². The van der Waals surface area contributed by atoms with Crippen molar-refractivity contribution in [3.8, 4) is 23.0 Å². The van der Waals surface area contributed by atoms with Crippen LogP contribution in [0.4, 0.5) is 0 Å². The highest BCUT2D eigenvalue weighted by atomic mass is 16.6. The molecule has 0 heterocycles. The number of rotatable bonds is 11. The summed E-state index contributed by atoms with van der Waals surface area (Å²) in [5.41, 5.74) is -0.370. The number of carboxylic acids is 2. The molecule has 2 rings (SSSR count). The number of ether oxygens (including phenoxy) is 6. The molecule has 12 nitrogen and oxygen atoms in total. The summed E-state index contributed by atoms with van der Waals surface area (Å²) in [5, 5.41) is 19.0. The van der Waals surface area contributed by atoms with E-state index in [0.29, 0.717) is 0 Å². The number of carbonyl (C=O) groups excluding carboxylic acids is 2. The van der Waals surface area contributed by atoms with Gasteiger partial charge in [0.05, 0.1) is 39.6 Å². The number of methoxy groups -OCH3 is 4. The van der Waals surface area contributed by atoms with Crippen LogP contribution in [-0.2, 0) is 19.1 Å². The van der Waals surface area contributed by atoms with Gasteiger partial charge in [-0.1, -0.05) is 0 Å². The van der Waals surface area contributed by atoms with E-state index in [1.807, 2.05) is 0 Å². The van der Waals surface area contributed by atoms with Gasteiger partial charge in [0.25, 0.3) is 0 Å². The smallest absolute Gasteiger partial charge is 0.349 e. The van der Waals surface area contributed by atoms with Gasteiger partial charge in [-0.3, -0.25) is 0 Å². The largest absolute Gasteiger partial charge is 0.497 e. The van der Waals surface area contributed by atoms with Crippen molar-refractivity contribution < 1.29 is 57.8 Å². The SMILES string of the molecule is COc1cc(OC)cc(C(=O)O[C@@H](C(=O)O)[C@@H](OC(=O)c2cc(OC)cc(OC)c2)C(=O)O)c1. The van der Waals surface area contributed by atoms with Crippen molar-refractivity contribution in [2.24, 2.45) is 0 Å². The lowest BCUT2D eigenvalue weighted by atomic mass is 10.1. The number of hydrogen-bond acceptors (Lipinski definition) is 10. The van der Waals surface area contributed by atoms with Gasteiger partial charge in [-0.25, -0.2) is 19.2 Å². The Morgan fingerprint density at radius 1 is 0.559 bits per heavy atom. The predicted octanol–water partition coefficient (Wildman–Crippen LogP) is 1.64. The molecule has 0 aliphatic rings. The average Bonchev–Trinajstić information content (AvgIpc) is 2.84. The first-order valence-corrected chi connectivity index (χ1v) is 9.47. The van der Waals surface area contributed by atoms with Gasteiger partial charge in [0.2, 0.25) is 12.2 Å². The molecule has 0 saturated heterocycles. The molecule has 0 amide bonds. The van der Waals surface area contributed by atoms with Crippen LogP contribution in [0.2, 0.25) is 0 Å². The third kappa shape index (κ3) is 6.28. The second-order valence-corrected chi connectivity index (χ2v) is 6.53. The first-order valence-electron chi connectivity index (χ1n) is 9.47. The summed E-state index contributed by atoms with van der Waals surface area (Å²) in [5.74, 6) is -5.33. The molecule has 2 N–H and O–H groups in total. The van der Waals surface area contributed by atoms with Gasteiger partial charge in [0.15, 0.2) is 0 Å². The van der Waals surface area contributed by atoms with E-state index in [2.05, 4.69) is 0 Å². The van der Waals surface area contributed by atoms with Crippen LogP contribution in [0, 0.1) is 0 Å². The molecule has 0 fully saturated rings. The fourth-order valence-corrected chi connectivity index (χ4v) is 2.70. The lowest BCUT2D eigenvalue weighted by Gasteiger charge is -2.21. The van der Waals surface area contributed by atoms with Crippen LogP contribution in [0.15, 0.2) is 36.4 Å². The summed E-state index contributed by atoms with van der Waals surface area (Å²) in [6.07, 6.45) is -4.75. The van der Waals surface area contributed by atoms with Crippen LogP contribution in [0.3, 0.4) is 0 Å². The van der Waals surface area contributed by atoms with E-state index in [1.54, 1.807) is 0 Å². The van der Waals surface area contributed by atoms with Gasteiger partial charge in [0.1, 0.15) is 23.0 Å². The third-order valence-corrected chi connectivity index (χ3v) is 4.40. The van der Waals surface area contributed by atoms with Crippen molar-refractivity contribution in [3.63, 3.8) is 0 Å². The molecule has 34 heavy (non-hydrogen) atoms. The Balaban J connectivity index is 2.33. The highest BCUT2D eigenvalue weighted by molar-refractivity contribution is 5.96. The zero-order valence-electron chi connectivity index (χ0n) is 18.6. The predicted molar refractivity (Wildman–Crippen MR) is 113 cm³/mol. The lowest BCUT2D eigenvalue weighted by molar-refractivity contribution is -0.166. The van der Waals surface area contributed by atoms with E-state index >= 15 is 0 Å². The Hall–Kier alpha value is -4.48. The summed E-state index contributed by atoms with van der Waals surface area (Å²) < 4.78 is 29.9. The minimum absolute atomic E-state index is 0.185. The molecule has 182 valence electrons. The first-order chi connectivity index (χ1) is 16.1. The number of carboxylic acid groups (broad SMARTS) is 2. The van der Waals surface area contributed by atoms with Crippen molar-refractivity contribution in [1.29, 1.82) is 0 Å². The summed E-state index contributed by atoms with van der Waals surface area (Å²) in [6, 6.07) is 7.83. The van der Waals surface area contributed by atoms with Gasteiger partial charge in [0, 0.05) is 12.1 Å². The number of aliphatic carboxylic acids is 2. The van der Waals surface area contributed by atoms with Gasteiger partial charge in [-0.15, -0.1) is 0 Å². The number of hydrogen-bond donors (Lipinski definition) is 2. The second-order valence-electron chi connectivity index (χ2n) is 6.53. The molecule has 0 aliphatic heterocycles. The maximum atomic E-state index is 12.6. The molecule has 2 atom stereocenters. The summed E-state index contributed by atoms with van der Waals surface area (Å²) >= 11 is 0. The topological polar surface area (TPSA) is 164 Å². The van der Waals surface area contributed by atoms with Gasteiger partial charge >= 0.3 is 23.9 Å². The monoisotopic (exact) mass is 478 g/mol. The number of benzene rings is 2. The number of esters is 2. The van der Waals surface area contributed by atoms with Crippen LogP contribution >= 0.6 is 0 Å². The maximum absolute atomic E-state index is 12.6. The molecular formula is C22H22O12. The van der Waals surface area contributed by atoms with Gasteiger partial charge in [-0.05, 0) is 24.3 Å². The highest BCUT2D eigenvalue weighted by Gasteiger charge is 2.41. The second kappa shape index (κ2) is 11.4. The van der Waals surface area contributed by atoms with E-state index in [1.165, 1.54) is 64.8 Å². The van der Waals surface area contributed by atoms with E-state index in [9.17, 15) is 29.4 Å². The molecule has 0 aromatic heterocycles. The van der Waals surface area contributed by atoms with E-state index in [0.717, 1.165) is 0 Å². The molecule has 0 aliphatic carbocycles. The van der Waals surface area contributed by atoms with E-state index in [4.69, 9.17) is 28.4 Å². The Labute approximate surface area is 193 Å². The molecule has 2 aromatic carbocycles. The molecule has 0 bridgehead atoms. The average molecular weight is 478 g/mol. The van der Waals surface area contributed by atoms with Gasteiger partial charge in [-0.2, -0.15) is 0 Å². The maximum Gasteiger partial charge on any atom is 0.349 e. The molecule has 0 radical (unpaired) electrons. The Morgan fingerprint density at radius 2 is 0.824 bits per heavy atom. The lowest BCUT2D eigenvalue weighted by Crippen LogP contribution is -2.45. The van der Waals surface area contributed by atoms with E-state index in [-0.39, 0.29) is 34.1 Å². The third-order valence-electron chi connectivity index (χ3n) is 4.40. The van der Waals surface area contributed by atoms with Crippen LogP contribution in [0.5, 0.6) is 23.0 Å². The first kappa shape index (κ1) is 25.8. The van der Waals surface area contributed by atoms with Crippen LogP contribution in [-0.4, -0.2) is 74.7 Å². The fourth-order valence-electron chi connectivity index (χ4n) is 2.70. The zero-order valence-corrected chi connectivity index (χ0v) is 18.6. The molecule has 2 aromatic rings. The Kier molecular flexibility index (Phi) is 8.65. The minimum atomic E-state index is -2.38. The molecular weight excluding hydrogens is 456 g/mol. The van der Waals surface area contributed by atoms with Crippen molar-refractivity contribution in [2.45, 2.75) is 12.2 Å². The fraction of sp³-hybridized carbons (Fsp3) is 0.273. The number of carbonyl (C=O) groups is 4. The van der Waals surface area contributed by atoms with Crippen molar-refractivity contribution >= 4 is 23.9 Å².